The van der Waals surface area contributed by atoms with E-state index in [1.54, 1.807) is 0 Å². The zero-order chi connectivity index (χ0) is 13.8. The number of nitrogens with zero attached hydrogens (tertiary/aromatic N) is 1. The van der Waals surface area contributed by atoms with Gasteiger partial charge in [0.05, 0.1) is 12.2 Å². The maximum Gasteiger partial charge on any atom is 0.417 e. The molecule has 0 aromatic heterocycles. The Kier molecular flexibility index (Phi) is 4.85. The van der Waals surface area contributed by atoms with E-state index in [9.17, 15) is 13.2 Å². The third kappa shape index (κ3) is 3.54. The molecule has 0 radical (unpaired) electrons. The average Bonchev–Trinajstić information content (AvgIpc) is 2.33. The van der Waals surface area contributed by atoms with Gasteiger partial charge in [-0.3, -0.25) is 0 Å². The van der Waals surface area contributed by atoms with Gasteiger partial charge < -0.3 is 16.0 Å². The molecule has 1 rings (SSSR count). The molecule has 1 aromatic rings. The molecule has 8 heteroatoms. The van der Waals surface area contributed by atoms with Gasteiger partial charge in [0.1, 0.15) is 0 Å². The highest BCUT2D eigenvalue weighted by Gasteiger charge is 2.34. The highest BCUT2D eigenvalue weighted by Crippen LogP contribution is 2.34. The summed E-state index contributed by atoms with van der Waals surface area (Å²) in [6.45, 7) is -0.0927. The monoisotopic (exact) mass is 280 g/mol. The molecule has 0 aliphatic carbocycles. The summed E-state index contributed by atoms with van der Waals surface area (Å²) in [7, 11) is 0. The fourth-order valence-electron chi connectivity index (χ4n) is 1.29. The molecule has 4 nitrogen and oxygen atoms in total. The number of aliphatic hydroxyl groups is 1. The van der Waals surface area contributed by atoms with Gasteiger partial charge in [-0.05, 0) is 18.2 Å². The Labute approximate surface area is 105 Å². The summed E-state index contributed by atoms with van der Waals surface area (Å²) in [6.07, 6.45) is -4.58. The van der Waals surface area contributed by atoms with Gasteiger partial charge in [0.25, 0.3) is 0 Å². The van der Waals surface area contributed by atoms with Crippen molar-refractivity contribution in [3.63, 3.8) is 0 Å². The van der Waals surface area contributed by atoms with E-state index >= 15 is 0 Å². The summed E-state index contributed by atoms with van der Waals surface area (Å²) < 4.78 is 38.1. The summed E-state index contributed by atoms with van der Waals surface area (Å²) >= 11 is 1.17. The van der Waals surface area contributed by atoms with E-state index in [0.717, 1.165) is 6.07 Å². The molecular formula is C10H11F3N2O2S. The quantitative estimate of drug-likeness (QED) is 0.259. The minimum atomic E-state index is -4.58. The fourth-order valence-corrected chi connectivity index (χ4v) is 1.98. The third-order valence-electron chi connectivity index (χ3n) is 2.04. The van der Waals surface area contributed by atoms with Gasteiger partial charge in [-0.15, -0.1) is 11.8 Å². The molecule has 0 saturated heterocycles. The van der Waals surface area contributed by atoms with Crippen LogP contribution >= 0.6 is 11.8 Å². The Balaban J connectivity index is 3.21. The van der Waals surface area contributed by atoms with Crippen molar-refractivity contribution in [3.05, 3.63) is 29.3 Å². The zero-order valence-electron chi connectivity index (χ0n) is 9.11. The number of rotatable bonds is 4. The highest BCUT2D eigenvalue weighted by molar-refractivity contribution is 7.99. The van der Waals surface area contributed by atoms with Crippen LogP contribution in [0.15, 0.2) is 28.3 Å². The number of alkyl halides is 3. The Hall–Kier alpha value is -1.41. The van der Waals surface area contributed by atoms with Crippen LogP contribution in [0.2, 0.25) is 0 Å². The van der Waals surface area contributed by atoms with Crippen LogP contribution in [0.5, 0.6) is 0 Å². The first-order chi connectivity index (χ1) is 8.40. The number of aliphatic hydroxyl groups excluding tert-OH is 1. The van der Waals surface area contributed by atoms with E-state index in [1.165, 1.54) is 23.9 Å². The molecule has 4 N–H and O–H groups in total. The third-order valence-corrected chi connectivity index (χ3v) is 3.01. The SMILES string of the molecule is N/C(=N/O)c1cc(SCCO)ccc1C(F)(F)F. The van der Waals surface area contributed by atoms with Crippen molar-refractivity contribution in [2.24, 2.45) is 10.9 Å². The number of hydrogen-bond donors (Lipinski definition) is 3. The molecule has 0 atom stereocenters. The van der Waals surface area contributed by atoms with Crippen LogP contribution in [0.4, 0.5) is 13.2 Å². The number of oxime groups is 1. The van der Waals surface area contributed by atoms with Gasteiger partial charge >= 0.3 is 6.18 Å². The van der Waals surface area contributed by atoms with Crippen LogP contribution in [0, 0.1) is 0 Å². The summed E-state index contributed by atoms with van der Waals surface area (Å²) in [5.74, 6) is -0.255. The minimum Gasteiger partial charge on any atom is -0.409 e. The largest absolute Gasteiger partial charge is 0.417 e. The van der Waals surface area contributed by atoms with Crippen molar-refractivity contribution < 1.29 is 23.5 Å². The Morgan fingerprint density at radius 3 is 2.56 bits per heavy atom. The standard InChI is InChI=1S/C10H11F3N2O2S/c11-10(12,13)8-2-1-6(18-4-3-16)5-7(8)9(14)15-17/h1-2,5,16-17H,3-4H2,(H2,14,15). The smallest absolute Gasteiger partial charge is 0.409 e. The first kappa shape index (κ1) is 14.7. The minimum absolute atomic E-state index is 0.0927. The first-order valence-electron chi connectivity index (χ1n) is 4.83. The lowest BCUT2D eigenvalue weighted by molar-refractivity contribution is -0.137. The fraction of sp³-hybridized carbons (Fsp3) is 0.300. The van der Waals surface area contributed by atoms with Crippen molar-refractivity contribution in [2.75, 3.05) is 12.4 Å². The number of hydrogen-bond acceptors (Lipinski definition) is 4. The lowest BCUT2D eigenvalue weighted by atomic mass is 10.1. The molecule has 0 heterocycles. The predicted octanol–water partition coefficient (Wildman–Crippen LogP) is 1.88. The molecular weight excluding hydrogens is 269 g/mol. The van der Waals surface area contributed by atoms with Crippen LogP contribution in [-0.2, 0) is 6.18 Å². The zero-order valence-corrected chi connectivity index (χ0v) is 9.92. The molecule has 1 aromatic carbocycles. The second-order valence-corrected chi connectivity index (χ2v) is 4.43. The molecule has 0 amide bonds. The number of benzene rings is 1. The number of nitrogens with two attached hydrogens (primary N) is 1. The van der Waals surface area contributed by atoms with Crippen molar-refractivity contribution in [3.8, 4) is 0 Å². The molecule has 0 aliphatic heterocycles. The summed E-state index contributed by atoms with van der Waals surface area (Å²) in [6, 6.07) is 3.32. The molecule has 18 heavy (non-hydrogen) atoms. The van der Waals surface area contributed by atoms with E-state index in [4.69, 9.17) is 16.0 Å². The van der Waals surface area contributed by atoms with E-state index in [2.05, 4.69) is 5.16 Å². The van der Waals surface area contributed by atoms with E-state index in [-0.39, 0.29) is 12.2 Å². The van der Waals surface area contributed by atoms with Crippen LogP contribution in [0.1, 0.15) is 11.1 Å². The average molecular weight is 280 g/mol. The van der Waals surface area contributed by atoms with Gasteiger partial charge in [-0.2, -0.15) is 13.2 Å². The van der Waals surface area contributed by atoms with Crippen molar-refractivity contribution in [1.29, 1.82) is 0 Å². The van der Waals surface area contributed by atoms with E-state index < -0.39 is 17.6 Å². The normalized spacial score (nSPS) is 12.8. The molecule has 0 bridgehead atoms. The molecule has 0 aliphatic rings. The van der Waals surface area contributed by atoms with Crippen molar-refractivity contribution in [2.45, 2.75) is 11.1 Å². The van der Waals surface area contributed by atoms with Crippen LogP contribution in [0.3, 0.4) is 0 Å². The van der Waals surface area contributed by atoms with Gasteiger partial charge in [-0.25, -0.2) is 0 Å². The van der Waals surface area contributed by atoms with Crippen molar-refractivity contribution in [1.82, 2.24) is 0 Å². The Morgan fingerprint density at radius 1 is 1.39 bits per heavy atom. The summed E-state index contributed by atoms with van der Waals surface area (Å²) in [5, 5.41) is 19.7. The van der Waals surface area contributed by atoms with Gasteiger partial charge in [0.2, 0.25) is 0 Å². The van der Waals surface area contributed by atoms with Crippen LogP contribution in [0.25, 0.3) is 0 Å². The van der Waals surface area contributed by atoms with Gasteiger partial charge in [-0.1, -0.05) is 5.16 Å². The summed E-state index contributed by atoms with van der Waals surface area (Å²) in [5.41, 5.74) is 3.88. The van der Waals surface area contributed by atoms with Gasteiger partial charge in [0, 0.05) is 16.2 Å². The maximum absolute atomic E-state index is 12.7. The van der Waals surface area contributed by atoms with Crippen LogP contribution < -0.4 is 5.73 Å². The molecule has 100 valence electrons. The number of amidine groups is 1. The maximum atomic E-state index is 12.7. The lowest BCUT2D eigenvalue weighted by Crippen LogP contribution is -2.20. The Bertz CT molecular complexity index is 449. The summed E-state index contributed by atoms with van der Waals surface area (Å²) in [4.78, 5) is 0.499. The number of thioether (sulfide) groups is 1. The number of halogens is 3. The second kappa shape index (κ2) is 5.96. The molecule has 0 fully saturated rings. The lowest BCUT2D eigenvalue weighted by Gasteiger charge is -2.13. The molecule has 0 saturated carbocycles. The van der Waals surface area contributed by atoms with Gasteiger partial charge in [0.15, 0.2) is 5.84 Å². The second-order valence-electron chi connectivity index (χ2n) is 3.26. The van der Waals surface area contributed by atoms with E-state index in [0.29, 0.717) is 10.6 Å². The molecule has 0 spiro atoms. The van der Waals surface area contributed by atoms with Crippen LogP contribution in [-0.4, -0.2) is 28.5 Å². The topological polar surface area (TPSA) is 78.8 Å². The Morgan fingerprint density at radius 2 is 2.06 bits per heavy atom. The highest BCUT2D eigenvalue weighted by atomic mass is 32.2. The first-order valence-corrected chi connectivity index (χ1v) is 5.81. The molecule has 0 unspecified atom stereocenters. The van der Waals surface area contributed by atoms with Crippen molar-refractivity contribution >= 4 is 17.6 Å². The predicted molar refractivity (Wildman–Crippen MR) is 61.8 cm³/mol. The van der Waals surface area contributed by atoms with E-state index in [1.807, 2.05) is 0 Å².